The third kappa shape index (κ3) is 2.79. The van der Waals surface area contributed by atoms with E-state index in [9.17, 15) is 0 Å². The van der Waals surface area contributed by atoms with Gasteiger partial charge in [0.2, 0.25) is 0 Å². The summed E-state index contributed by atoms with van der Waals surface area (Å²) in [5, 5.41) is 4.34. The standard InChI is InChI=1S/C15H21N3O/c1-5-14(16)12-6-8-13(9-7-12)19-15-10(2)17-18(4)11(15)3/h6-9,14H,5,16H2,1-4H3/t14-/m1/s1. The number of aryl methyl sites for hydroxylation is 2. The summed E-state index contributed by atoms with van der Waals surface area (Å²) < 4.78 is 7.73. The zero-order chi connectivity index (χ0) is 14.0. The molecule has 0 aliphatic heterocycles. The maximum Gasteiger partial charge on any atom is 0.171 e. The fourth-order valence-electron chi connectivity index (χ4n) is 2.04. The van der Waals surface area contributed by atoms with E-state index < -0.39 is 0 Å². The molecule has 1 atom stereocenters. The second kappa shape index (κ2) is 5.45. The molecule has 19 heavy (non-hydrogen) atoms. The van der Waals surface area contributed by atoms with E-state index in [0.29, 0.717) is 0 Å². The summed E-state index contributed by atoms with van der Waals surface area (Å²) in [4.78, 5) is 0. The first-order valence-electron chi connectivity index (χ1n) is 6.56. The SMILES string of the molecule is CC[C@@H](N)c1ccc(Oc2c(C)nn(C)c2C)cc1. The number of hydrogen-bond acceptors (Lipinski definition) is 3. The average molecular weight is 259 g/mol. The first-order chi connectivity index (χ1) is 9.02. The van der Waals surface area contributed by atoms with Gasteiger partial charge in [-0.3, -0.25) is 4.68 Å². The van der Waals surface area contributed by atoms with Gasteiger partial charge in [-0.25, -0.2) is 0 Å². The maximum atomic E-state index is 5.99. The normalized spacial score (nSPS) is 12.5. The summed E-state index contributed by atoms with van der Waals surface area (Å²) >= 11 is 0. The van der Waals surface area contributed by atoms with Crippen LogP contribution in [0.25, 0.3) is 0 Å². The Morgan fingerprint density at radius 3 is 2.37 bits per heavy atom. The van der Waals surface area contributed by atoms with Gasteiger partial charge >= 0.3 is 0 Å². The Morgan fingerprint density at radius 2 is 1.89 bits per heavy atom. The van der Waals surface area contributed by atoms with Crippen LogP contribution in [0.1, 0.15) is 36.3 Å². The van der Waals surface area contributed by atoms with Gasteiger partial charge in [0, 0.05) is 13.1 Å². The van der Waals surface area contributed by atoms with Crippen molar-refractivity contribution in [2.45, 2.75) is 33.2 Å². The van der Waals surface area contributed by atoms with Crippen LogP contribution in [0.15, 0.2) is 24.3 Å². The lowest BCUT2D eigenvalue weighted by molar-refractivity contribution is 0.473. The largest absolute Gasteiger partial charge is 0.453 e. The molecule has 0 fully saturated rings. The number of rotatable bonds is 4. The van der Waals surface area contributed by atoms with Gasteiger partial charge in [-0.15, -0.1) is 0 Å². The summed E-state index contributed by atoms with van der Waals surface area (Å²) in [5.41, 5.74) is 9.05. The molecule has 0 spiro atoms. The molecule has 2 rings (SSSR count). The molecule has 102 valence electrons. The molecule has 0 saturated heterocycles. The molecule has 4 nitrogen and oxygen atoms in total. The van der Waals surface area contributed by atoms with Crippen molar-refractivity contribution in [3.05, 3.63) is 41.2 Å². The molecule has 0 aliphatic carbocycles. The molecule has 0 unspecified atom stereocenters. The minimum atomic E-state index is 0.0934. The predicted molar refractivity (Wildman–Crippen MR) is 76.4 cm³/mol. The van der Waals surface area contributed by atoms with Crippen LogP contribution in [0.2, 0.25) is 0 Å². The topological polar surface area (TPSA) is 53.1 Å². The van der Waals surface area contributed by atoms with Crippen molar-refractivity contribution in [2.24, 2.45) is 12.8 Å². The highest BCUT2D eigenvalue weighted by Gasteiger charge is 2.11. The van der Waals surface area contributed by atoms with E-state index in [4.69, 9.17) is 10.5 Å². The summed E-state index contributed by atoms with van der Waals surface area (Å²) in [6.07, 6.45) is 0.932. The molecule has 1 aromatic heterocycles. The summed E-state index contributed by atoms with van der Waals surface area (Å²) in [6, 6.07) is 8.04. The lowest BCUT2D eigenvalue weighted by atomic mass is 10.1. The van der Waals surface area contributed by atoms with E-state index in [1.54, 1.807) is 0 Å². The van der Waals surface area contributed by atoms with E-state index in [-0.39, 0.29) is 6.04 Å². The quantitative estimate of drug-likeness (QED) is 0.917. The second-order valence-corrected chi connectivity index (χ2v) is 4.81. The lowest BCUT2D eigenvalue weighted by Gasteiger charge is -2.10. The molecule has 0 radical (unpaired) electrons. The Labute approximate surface area is 114 Å². The van der Waals surface area contributed by atoms with Gasteiger partial charge < -0.3 is 10.5 Å². The van der Waals surface area contributed by atoms with Crippen LogP contribution in [0.5, 0.6) is 11.5 Å². The molecule has 2 N–H and O–H groups in total. The Hall–Kier alpha value is -1.81. The first kappa shape index (κ1) is 13.6. The van der Waals surface area contributed by atoms with Crippen molar-refractivity contribution in [3.8, 4) is 11.5 Å². The Bertz CT molecular complexity index is 558. The molecule has 4 heteroatoms. The number of nitrogens with two attached hydrogens (primary N) is 1. The van der Waals surface area contributed by atoms with Crippen LogP contribution in [0.4, 0.5) is 0 Å². The third-order valence-electron chi connectivity index (χ3n) is 3.41. The molecule has 1 heterocycles. The van der Waals surface area contributed by atoms with Crippen molar-refractivity contribution >= 4 is 0 Å². The third-order valence-corrected chi connectivity index (χ3v) is 3.41. The number of benzene rings is 1. The van der Waals surface area contributed by atoms with Crippen LogP contribution in [-0.4, -0.2) is 9.78 Å². The zero-order valence-corrected chi connectivity index (χ0v) is 12.0. The van der Waals surface area contributed by atoms with Crippen molar-refractivity contribution in [3.63, 3.8) is 0 Å². The highest BCUT2D eigenvalue weighted by atomic mass is 16.5. The molecule has 1 aromatic carbocycles. The minimum Gasteiger partial charge on any atom is -0.453 e. The average Bonchev–Trinajstić information content (AvgIpc) is 2.65. The second-order valence-electron chi connectivity index (χ2n) is 4.81. The van der Waals surface area contributed by atoms with Crippen LogP contribution < -0.4 is 10.5 Å². The van der Waals surface area contributed by atoms with Crippen molar-refractivity contribution < 1.29 is 4.74 Å². The molecular formula is C15H21N3O. The Balaban J connectivity index is 2.20. The van der Waals surface area contributed by atoms with Crippen LogP contribution >= 0.6 is 0 Å². The number of aromatic nitrogens is 2. The maximum absolute atomic E-state index is 5.99. The van der Waals surface area contributed by atoms with Gasteiger partial charge in [0.25, 0.3) is 0 Å². The highest BCUT2D eigenvalue weighted by Crippen LogP contribution is 2.28. The molecule has 0 bridgehead atoms. The molecule has 0 amide bonds. The van der Waals surface area contributed by atoms with E-state index in [1.807, 2.05) is 49.8 Å². The van der Waals surface area contributed by atoms with Gasteiger partial charge in [-0.2, -0.15) is 5.10 Å². The lowest BCUT2D eigenvalue weighted by Crippen LogP contribution is -2.08. The smallest absolute Gasteiger partial charge is 0.171 e. The van der Waals surface area contributed by atoms with Gasteiger partial charge in [0.05, 0.1) is 5.69 Å². The molecule has 0 aliphatic rings. The molecule has 2 aromatic rings. The van der Waals surface area contributed by atoms with E-state index in [1.165, 1.54) is 0 Å². The number of hydrogen-bond donors (Lipinski definition) is 1. The fourth-order valence-corrected chi connectivity index (χ4v) is 2.04. The molecular weight excluding hydrogens is 238 g/mol. The Kier molecular flexibility index (Phi) is 3.90. The van der Waals surface area contributed by atoms with Gasteiger partial charge in [0.15, 0.2) is 5.75 Å². The van der Waals surface area contributed by atoms with Crippen LogP contribution in [-0.2, 0) is 7.05 Å². The van der Waals surface area contributed by atoms with Gasteiger partial charge in [-0.05, 0) is 38.0 Å². The Morgan fingerprint density at radius 1 is 1.26 bits per heavy atom. The predicted octanol–water partition coefficient (Wildman–Crippen LogP) is 3.24. The van der Waals surface area contributed by atoms with E-state index in [2.05, 4.69) is 12.0 Å². The minimum absolute atomic E-state index is 0.0934. The van der Waals surface area contributed by atoms with E-state index in [0.717, 1.165) is 34.9 Å². The van der Waals surface area contributed by atoms with Crippen molar-refractivity contribution in [1.29, 1.82) is 0 Å². The fraction of sp³-hybridized carbons (Fsp3) is 0.400. The van der Waals surface area contributed by atoms with Crippen LogP contribution in [0, 0.1) is 13.8 Å². The summed E-state index contributed by atoms with van der Waals surface area (Å²) in [5.74, 6) is 1.64. The van der Waals surface area contributed by atoms with E-state index >= 15 is 0 Å². The number of ether oxygens (including phenoxy) is 1. The zero-order valence-electron chi connectivity index (χ0n) is 12.0. The van der Waals surface area contributed by atoms with Crippen molar-refractivity contribution in [2.75, 3.05) is 0 Å². The first-order valence-corrected chi connectivity index (χ1v) is 6.56. The van der Waals surface area contributed by atoms with Gasteiger partial charge in [-0.1, -0.05) is 19.1 Å². The molecule has 0 saturated carbocycles. The summed E-state index contributed by atoms with van der Waals surface area (Å²) in [7, 11) is 1.92. The van der Waals surface area contributed by atoms with Crippen LogP contribution in [0.3, 0.4) is 0 Å². The van der Waals surface area contributed by atoms with Gasteiger partial charge in [0.1, 0.15) is 11.4 Å². The monoisotopic (exact) mass is 259 g/mol. The highest BCUT2D eigenvalue weighted by molar-refractivity contribution is 5.38. The number of nitrogens with zero attached hydrogens (tertiary/aromatic N) is 2. The van der Waals surface area contributed by atoms with Crippen molar-refractivity contribution in [1.82, 2.24) is 9.78 Å². The summed E-state index contributed by atoms with van der Waals surface area (Å²) in [6.45, 7) is 6.03.